The molecule has 0 atom stereocenters. The predicted octanol–water partition coefficient (Wildman–Crippen LogP) is -0.673. The van der Waals surface area contributed by atoms with Crippen molar-refractivity contribution < 1.29 is 9.59 Å². The number of nitrogens with zero attached hydrogens (tertiary/aromatic N) is 8. The maximum absolute atomic E-state index is 12.5. The minimum Gasteiger partial charge on any atom is -0.339 e. The molecule has 10 heteroatoms. The Labute approximate surface area is 151 Å². The Morgan fingerprint density at radius 2 is 1.73 bits per heavy atom. The first-order chi connectivity index (χ1) is 12.5. The molecule has 2 aromatic rings. The first kappa shape index (κ1) is 18.0. The van der Waals surface area contributed by atoms with E-state index in [2.05, 4.69) is 20.6 Å². The van der Waals surface area contributed by atoms with Crippen LogP contribution in [0.3, 0.4) is 0 Å². The summed E-state index contributed by atoms with van der Waals surface area (Å²) in [5.41, 5.74) is 3.24. The summed E-state index contributed by atoms with van der Waals surface area (Å²) in [5.74, 6) is 0.0891. The zero-order valence-corrected chi connectivity index (χ0v) is 15.4. The van der Waals surface area contributed by atoms with Crippen molar-refractivity contribution in [2.45, 2.75) is 33.2 Å². The van der Waals surface area contributed by atoms with Gasteiger partial charge in [-0.3, -0.25) is 14.3 Å². The van der Waals surface area contributed by atoms with Gasteiger partial charge in [-0.2, -0.15) is 5.10 Å². The van der Waals surface area contributed by atoms with Gasteiger partial charge in [0.05, 0.1) is 5.69 Å². The normalized spacial score (nSPS) is 14.7. The Morgan fingerprint density at radius 1 is 1.08 bits per heavy atom. The minimum atomic E-state index is -0.0361. The van der Waals surface area contributed by atoms with Crippen LogP contribution in [0.5, 0.6) is 0 Å². The van der Waals surface area contributed by atoms with Gasteiger partial charge in [0, 0.05) is 45.3 Å². The summed E-state index contributed by atoms with van der Waals surface area (Å²) < 4.78 is 3.25. The van der Waals surface area contributed by atoms with E-state index < -0.39 is 0 Å². The molecule has 0 radical (unpaired) electrons. The highest BCUT2D eigenvalue weighted by Gasteiger charge is 2.24. The molecule has 0 N–H and O–H groups in total. The van der Waals surface area contributed by atoms with Crippen LogP contribution in [-0.4, -0.2) is 77.8 Å². The maximum Gasteiger partial charge on any atom is 0.244 e. The van der Waals surface area contributed by atoms with Gasteiger partial charge in [-0.25, -0.2) is 4.68 Å². The SMILES string of the molecule is Cc1nn(C)c(C)c1CCC(=O)N1CCN(C(=O)Cn2cnnn2)CC1. The molecule has 1 aliphatic heterocycles. The summed E-state index contributed by atoms with van der Waals surface area (Å²) in [6, 6.07) is 0. The largest absolute Gasteiger partial charge is 0.339 e. The number of rotatable bonds is 5. The van der Waals surface area contributed by atoms with Crippen molar-refractivity contribution >= 4 is 11.8 Å². The first-order valence-corrected chi connectivity index (χ1v) is 8.71. The van der Waals surface area contributed by atoms with E-state index in [0.29, 0.717) is 39.0 Å². The van der Waals surface area contributed by atoms with E-state index in [1.54, 1.807) is 4.90 Å². The topological polar surface area (TPSA) is 102 Å². The quantitative estimate of drug-likeness (QED) is 0.701. The molecule has 0 saturated carbocycles. The van der Waals surface area contributed by atoms with Crippen LogP contribution in [0.2, 0.25) is 0 Å². The molecule has 0 spiro atoms. The van der Waals surface area contributed by atoms with Gasteiger partial charge in [-0.05, 0) is 36.3 Å². The second-order valence-corrected chi connectivity index (χ2v) is 6.54. The number of hydrogen-bond donors (Lipinski definition) is 0. The van der Waals surface area contributed by atoms with Crippen LogP contribution in [0.15, 0.2) is 6.33 Å². The number of carbonyl (C=O) groups is 2. The van der Waals surface area contributed by atoms with Crippen molar-refractivity contribution in [2.75, 3.05) is 26.2 Å². The summed E-state index contributed by atoms with van der Waals surface area (Å²) in [7, 11) is 1.92. The number of aryl methyl sites for hydroxylation is 2. The molecule has 2 amide bonds. The van der Waals surface area contributed by atoms with Crippen molar-refractivity contribution in [2.24, 2.45) is 7.05 Å². The van der Waals surface area contributed by atoms with Crippen LogP contribution in [0.4, 0.5) is 0 Å². The molecule has 0 aromatic carbocycles. The molecule has 1 saturated heterocycles. The zero-order valence-electron chi connectivity index (χ0n) is 15.4. The molecule has 0 unspecified atom stereocenters. The Hall–Kier alpha value is -2.78. The van der Waals surface area contributed by atoms with Gasteiger partial charge >= 0.3 is 0 Å². The molecule has 1 fully saturated rings. The molecule has 0 bridgehead atoms. The molecule has 3 heterocycles. The molecule has 10 nitrogen and oxygen atoms in total. The Bertz CT molecular complexity index is 775. The summed E-state index contributed by atoms with van der Waals surface area (Å²) in [4.78, 5) is 28.3. The third kappa shape index (κ3) is 3.89. The third-order valence-corrected chi connectivity index (χ3v) is 4.92. The smallest absolute Gasteiger partial charge is 0.244 e. The number of tetrazole rings is 1. The Morgan fingerprint density at radius 3 is 2.27 bits per heavy atom. The summed E-state index contributed by atoms with van der Waals surface area (Å²) >= 11 is 0. The molecule has 0 aliphatic carbocycles. The highest BCUT2D eigenvalue weighted by molar-refractivity contribution is 5.78. The number of carbonyl (C=O) groups excluding carboxylic acids is 2. The minimum absolute atomic E-state index is 0.0361. The number of amides is 2. The number of aromatic nitrogens is 6. The standard InChI is InChI=1S/C16H24N8O2/c1-12-14(13(2)21(3)18-12)4-5-15(25)22-6-8-23(9-7-22)16(26)10-24-11-17-19-20-24/h11H,4-10H2,1-3H3. The third-order valence-electron chi connectivity index (χ3n) is 4.92. The fraction of sp³-hybridized carbons (Fsp3) is 0.625. The van der Waals surface area contributed by atoms with Crippen LogP contribution in [-0.2, 0) is 29.6 Å². The number of piperazine rings is 1. The van der Waals surface area contributed by atoms with Crippen molar-refractivity contribution in [1.29, 1.82) is 0 Å². The molecule has 140 valence electrons. The molecule has 1 aliphatic rings. The fourth-order valence-corrected chi connectivity index (χ4v) is 3.27. The zero-order chi connectivity index (χ0) is 18.7. The number of hydrogen-bond acceptors (Lipinski definition) is 6. The van der Waals surface area contributed by atoms with Crippen molar-refractivity contribution in [1.82, 2.24) is 39.8 Å². The molecular formula is C16H24N8O2. The van der Waals surface area contributed by atoms with Gasteiger partial charge in [-0.15, -0.1) is 5.10 Å². The average molecular weight is 360 g/mol. The van der Waals surface area contributed by atoms with Gasteiger partial charge in [-0.1, -0.05) is 0 Å². The van der Waals surface area contributed by atoms with E-state index in [4.69, 9.17) is 0 Å². The lowest BCUT2D eigenvalue weighted by Gasteiger charge is -2.34. The lowest BCUT2D eigenvalue weighted by atomic mass is 10.1. The molecule has 2 aromatic heterocycles. The average Bonchev–Trinajstić information content (AvgIpc) is 3.22. The first-order valence-electron chi connectivity index (χ1n) is 8.71. The highest BCUT2D eigenvalue weighted by Crippen LogP contribution is 2.15. The monoisotopic (exact) mass is 360 g/mol. The maximum atomic E-state index is 12.5. The molecule has 3 rings (SSSR count). The van der Waals surface area contributed by atoms with Gasteiger partial charge in [0.15, 0.2) is 0 Å². The van der Waals surface area contributed by atoms with E-state index in [9.17, 15) is 9.59 Å². The van der Waals surface area contributed by atoms with Crippen molar-refractivity contribution in [3.8, 4) is 0 Å². The van der Waals surface area contributed by atoms with Gasteiger partial charge in [0.25, 0.3) is 0 Å². The van der Waals surface area contributed by atoms with Gasteiger partial charge in [0.2, 0.25) is 11.8 Å². The van der Waals surface area contributed by atoms with E-state index in [1.165, 1.54) is 11.0 Å². The van der Waals surface area contributed by atoms with Crippen LogP contribution < -0.4 is 0 Å². The molecular weight excluding hydrogens is 336 g/mol. The van der Waals surface area contributed by atoms with Gasteiger partial charge < -0.3 is 9.80 Å². The van der Waals surface area contributed by atoms with E-state index >= 15 is 0 Å². The summed E-state index contributed by atoms with van der Waals surface area (Å²) in [6.45, 7) is 6.32. The van der Waals surface area contributed by atoms with Crippen LogP contribution in [0.25, 0.3) is 0 Å². The van der Waals surface area contributed by atoms with Crippen molar-refractivity contribution in [3.63, 3.8) is 0 Å². The lowest BCUT2D eigenvalue weighted by molar-refractivity contribution is -0.140. The second kappa shape index (κ2) is 7.63. The van der Waals surface area contributed by atoms with Crippen LogP contribution >= 0.6 is 0 Å². The predicted molar refractivity (Wildman–Crippen MR) is 92.0 cm³/mol. The lowest BCUT2D eigenvalue weighted by Crippen LogP contribution is -2.51. The summed E-state index contributed by atoms with van der Waals surface area (Å²) in [6.07, 6.45) is 2.58. The molecule has 26 heavy (non-hydrogen) atoms. The van der Waals surface area contributed by atoms with Crippen molar-refractivity contribution in [3.05, 3.63) is 23.3 Å². The second-order valence-electron chi connectivity index (χ2n) is 6.54. The Kier molecular flexibility index (Phi) is 5.29. The van der Waals surface area contributed by atoms with Crippen LogP contribution in [0.1, 0.15) is 23.4 Å². The van der Waals surface area contributed by atoms with Gasteiger partial charge in [0.1, 0.15) is 12.9 Å². The fourth-order valence-electron chi connectivity index (χ4n) is 3.27. The van der Waals surface area contributed by atoms with E-state index in [1.807, 2.05) is 30.5 Å². The van der Waals surface area contributed by atoms with Crippen LogP contribution in [0, 0.1) is 13.8 Å². The van der Waals surface area contributed by atoms with E-state index in [-0.39, 0.29) is 18.4 Å². The van der Waals surface area contributed by atoms with E-state index in [0.717, 1.165) is 17.0 Å². The summed E-state index contributed by atoms with van der Waals surface area (Å²) in [5, 5.41) is 15.1. The highest BCUT2D eigenvalue weighted by atomic mass is 16.2. The Balaban J connectivity index is 1.46.